The summed E-state index contributed by atoms with van der Waals surface area (Å²) >= 11 is 1.32. The summed E-state index contributed by atoms with van der Waals surface area (Å²) in [7, 11) is 1.12. The molecule has 0 unspecified atom stereocenters. The fourth-order valence-electron chi connectivity index (χ4n) is 5.16. The van der Waals surface area contributed by atoms with Crippen LogP contribution in [-0.4, -0.2) is 66.4 Å². The summed E-state index contributed by atoms with van der Waals surface area (Å²) in [6, 6.07) is 6.55. The van der Waals surface area contributed by atoms with Crippen molar-refractivity contribution in [3.63, 3.8) is 0 Å². The maximum Gasteiger partial charge on any atom is 0.510 e. The SMILES string of the molecule is COC(=O)OCOc1c2n(ccc1=O)N([C@H]1c3ccc(F)c(F)c3CSc3cccnc31)[C@@H]1COCCN1C2=O. The number of fused-ring (bicyclic) bond motifs is 4. The predicted octanol–water partition coefficient (Wildman–Crippen LogP) is 2.79. The van der Waals surface area contributed by atoms with Gasteiger partial charge in [0.05, 0.1) is 26.0 Å². The first-order valence-electron chi connectivity index (χ1n) is 12.2. The summed E-state index contributed by atoms with van der Waals surface area (Å²) in [4.78, 5) is 45.1. The van der Waals surface area contributed by atoms with Crippen molar-refractivity contribution in [2.24, 2.45) is 0 Å². The first-order chi connectivity index (χ1) is 19.4. The minimum absolute atomic E-state index is 0.101. The van der Waals surface area contributed by atoms with Crippen molar-refractivity contribution in [3.8, 4) is 5.75 Å². The molecule has 6 rings (SSSR count). The highest BCUT2D eigenvalue weighted by Crippen LogP contribution is 2.44. The van der Waals surface area contributed by atoms with Crippen LogP contribution in [0.15, 0.2) is 52.4 Å². The molecule has 2 atom stereocenters. The van der Waals surface area contributed by atoms with E-state index < -0.39 is 48.1 Å². The van der Waals surface area contributed by atoms with Gasteiger partial charge in [-0.25, -0.2) is 13.6 Å². The van der Waals surface area contributed by atoms with Crippen LogP contribution in [0.2, 0.25) is 0 Å². The molecule has 11 nitrogen and oxygen atoms in total. The zero-order valence-corrected chi connectivity index (χ0v) is 21.9. The minimum Gasteiger partial charge on any atom is -0.451 e. The Hall–Kier alpha value is -4.17. The molecule has 2 aromatic heterocycles. The van der Waals surface area contributed by atoms with Gasteiger partial charge in [0.25, 0.3) is 5.91 Å². The molecule has 0 N–H and O–H groups in total. The Morgan fingerprint density at radius 1 is 1.23 bits per heavy atom. The largest absolute Gasteiger partial charge is 0.510 e. The molecule has 5 heterocycles. The number of rotatable bonds is 4. The van der Waals surface area contributed by atoms with Crippen LogP contribution in [0.25, 0.3) is 0 Å². The lowest BCUT2D eigenvalue weighted by Crippen LogP contribution is -2.66. The second-order valence-electron chi connectivity index (χ2n) is 9.00. The number of benzene rings is 1. The highest BCUT2D eigenvalue weighted by molar-refractivity contribution is 7.98. The van der Waals surface area contributed by atoms with E-state index in [0.717, 1.165) is 18.1 Å². The van der Waals surface area contributed by atoms with Crippen LogP contribution in [0, 0.1) is 11.6 Å². The maximum atomic E-state index is 15.2. The average Bonchev–Trinajstić information content (AvgIpc) is 3.13. The van der Waals surface area contributed by atoms with Gasteiger partial charge in [-0.2, -0.15) is 0 Å². The van der Waals surface area contributed by atoms with E-state index in [0.29, 0.717) is 11.3 Å². The van der Waals surface area contributed by atoms with Gasteiger partial charge in [-0.3, -0.25) is 24.3 Å². The molecule has 1 aromatic carbocycles. The predicted molar refractivity (Wildman–Crippen MR) is 136 cm³/mol. The minimum atomic E-state index is -1.03. The number of hydrogen-bond donors (Lipinski definition) is 0. The number of halogens is 2. The normalized spacial score (nSPS) is 19.5. The van der Waals surface area contributed by atoms with Gasteiger partial charge < -0.3 is 23.8 Å². The molecule has 208 valence electrons. The van der Waals surface area contributed by atoms with Crippen LogP contribution in [0.1, 0.15) is 33.4 Å². The zero-order chi connectivity index (χ0) is 28.0. The fourth-order valence-corrected chi connectivity index (χ4v) is 6.24. The number of aromatic nitrogens is 2. The highest BCUT2D eigenvalue weighted by atomic mass is 32.2. The van der Waals surface area contributed by atoms with Gasteiger partial charge in [0.1, 0.15) is 12.2 Å². The number of nitrogens with zero attached hydrogens (tertiary/aromatic N) is 4. The lowest BCUT2D eigenvalue weighted by atomic mass is 9.96. The molecule has 1 saturated heterocycles. The van der Waals surface area contributed by atoms with Crippen LogP contribution in [0.3, 0.4) is 0 Å². The highest BCUT2D eigenvalue weighted by Gasteiger charge is 2.47. The lowest BCUT2D eigenvalue weighted by Gasteiger charge is -2.51. The van der Waals surface area contributed by atoms with E-state index in [4.69, 9.17) is 14.2 Å². The number of carbonyl (C=O) groups excluding carboxylic acids is 2. The molecule has 0 saturated carbocycles. The third-order valence-electron chi connectivity index (χ3n) is 6.92. The molecule has 14 heteroatoms. The van der Waals surface area contributed by atoms with E-state index in [9.17, 15) is 18.8 Å². The monoisotopic (exact) mass is 572 g/mol. The van der Waals surface area contributed by atoms with Gasteiger partial charge >= 0.3 is 6.16 Å². The summed E-state index contributed by atoms with van der Waals surface area (Å²) < 4.78 is 51.6. The Morgan fingerprint density at radius 2 is 2.08 bits per heavy atom. The Bertz CT molecular complexity index is 1570. The van der Waals surface area contributed by atoms with Crippen molar-refractivity contribution in [1.29, 1.82) is 0 Å². The standard InChI is InChI=1S/C26H22F2N4O7S/c1-36-26(35)39-13-38-24-17(33)6-8-31-23(24)25(34)30-9-10-37-11-19(30)32(31)22-14-4-5-16(27)20(28)15(14)12-40-18-3-2-7-29-21(18)22/h2-8,19,22H,9-13H2,1H3/t19-,22+/m1/s1. The Kier molecular flexibility index (Phi) is 6.80. The van der Waals surface area contributed by atoms with Crippen LogP contribution in [0.4, 0.5) is 13.6 Å². The van der Waals surface area contributed by atoms with Crippen molar-refractivity contribution in [2.45, 2.75) is 22.9 Å². The molecular formula is C26H22F2N4O7S. The molecule has 0 radical (unpaired) electrons. The number of ether oxygens (including phenoxy) is 4. The van der Waals surface area contributed by atoms with Crippen LogP contribution in [0.5, 0.6) is 5.75 Å². The van der Waals surface area contributed by atoms with Gasteiger partial charge in [-0.15, -0.1) is 11.8 Å². The smallest absolute Gasteiger partial charge is 0.451 e. The van der Waals surface area contributed by atoms with Crippen LogP contribution >= 0.6 is 11.8 Å². The molecular weight excluding hydrogens is 550 g/mol. The molecule has 1 amide bonds. The first kappa shape index (κ1) is 26.1. The molecule has 3 aliphatic rings. The molecule has 3 aliphatic heterocycles. The first-order valence-corrected chi connectivity index (χ1v) is 13.2. The third-order valence-corrected chi connectivity index (χ3v) is 8.01. The van der Waals surface area contributed by atoms with Crippen molar-refractivity contribution < 1.29 is 37.3 Å². The Morgan fingerprint density at radius 3 is 2.90 bits per heavy atom. The molecule has 0 aliphatic carbocycles. The zero-order valence-electron chi connectivity index (χ0n) is 21.0. The summed E-state index contributed by atoms with van der Waals surface area (Å²) in [6.07, 6.45) is 1.29. The number of carbonyl (C=O) groups is 2. The third kappa shape index (κ3) is 4.23. The van der Waals surface area contributed by atoms with Gasteiger partial charge in [0, 0.05) is 41.2 Å². The molecule has 3 aromatic rings. The van der Waals surface area contributed by atoms with E-state index in [2.05, 4.69) is 9.72 Å². The van der Waals surface area contributed by atoms with E-state index in [-0.39, 0.29) is 42.5 Å². The lowest BCUT2D eigenvalue weighted by molar-refractivity contribution is -0.0210. The second-order valence-corrected chi connectivity index (χ2v) is 10.0. The van der Waals surface area contributed by atoms with Gasteiger partial charge in [-0.1, -0.05) is 6.07 Å². The van der Waals surface area contributed by atoms with E-state index in [1.54, 1.807) is 17.3 Å². The van der Waals surface area contributed by atoms with Crippen LogP contribution < -0.4 is 15.2 Å². The van der Waals surface area contributed by atoms with Gasteiger partial charge in [-0.05, 0) is 23.8 Å². The average molecular weight is 573 g/mol. The number of thioether (sulfide) groups is 1. The van der Waals surface area contributed by atoms with Crippen molar-refractivity contribution in [1.82, 2.24) is 14.6 Å². The second kappa shape index (κ2) is 10.4. The molecule has 0 spiro atoms. The number of pyridine rings is 2. The molecule has 40 heavy (non-hydrogen) atoms. The van der Waals surface area contributed by atoms with Crippen LogP contribution in [-0.2, 0) is 20.0 Å². The van der Waals surface area contributed by atoms with Gasteiger partial charge in [0.2, 0.25) is 18.0 Å². The molecule has 1 fully saturated rings. The maximum absolute atomic E-state index is 15.2. The Labute approximate surface area is 230 Å². The quantitative estimate of drug-likeness (QED) is 0.342. The summed E-state index contributed by atoms with van der Waals surface area (Å²) in [6.45, 7) is -0.136. The summed E-state index contributed by atoms with van der Waals surface area (Å²) in [5.74, 6) is -2.64. The van der Waals surface area contributed by atoms with E-state index >= 15 is 4.39 Å². The number of morpholine rings is 1. The van der Waals surface area contributed by atoms with Crippen molar-refractivity contribution >= 4 is 23.8 Å². The van der Waals surface area contributed by atoms with Crippen molar-refractivity contribution in [2.75, 3.05) is 38.7 Å². The summed E-state index contributed by atoms with van der Waals surface area (Å²) in [5, 5.41) is 1.76. The summed E-state index contributed by atoms with van der Waals surface area (Å²) in [5.41, 5.74) is 0.419. The Balaban J connectivity index is 1.58. The van der Waals surface area contributed by atoms with E-state index in [1.807, 2.05) is 6.07 Å². The topological polar surface area (TPSA) is 112 Å². The number of methoxy groups -OCH3 is 1. The fraction of sp³-hybridized carbons (Fsp3) is 0.308. The van der Waals surface area contributed by atoms with Gasteiger partial charge in [0.15, 0.2) is 17.3 Å². The van der Waals surface area contributed by atoms with E-state index in [1.165, 1.54) is 39.7 Å². The van der Waals surface area contributed by atoms with Crippen molar-refractivity contribution in [3.05, 3.63) is 87.1 Å². The number of hydrogen-bond acceptors (Lipinski definition) is 10. The molecule has 0 bridgehead atoms. The number of amides is 1.